The summed E-state index contributed by atoms with van der Waals surface area (Å²) in [6.07, 6.45) is 1.35. The van der Waals surface area contributed by atoms with E-state index < -0.39 is 19.1 Å². The minimum Gasteiger partial charge on any atom is -0.433 e. The number of benzene rings is 2. The monoisotopic (exact) mass is 388 g/mol. The molecule has 0 aliphatic heterocycles. The van der Waals surface area contributed by atoms with Gasteiger partial charge in [-0.05, 0) is 29.8 Å². The zero-order chi connectivity index (χ0) is 18.2. The van der Waals surface area contributed by atoms with Crippen molar-refractivity contribution in [3.63, 3.8) is 0 Å². The molecule has 0 bridgehead atoms. The van der Waals surface area contributed by atoms with Crippen molar-refractivity contribution in [3.8, 4) is 5.75 Å². The fraction of sp³-hybridized carbons (Fsp3) is 0.125. The molecular weight excluding hydrogens is 377 g/mol. The van der Waals surface area contributed by atoms with Gasteiger partial charge >= 0.3 is 6.61 Å². The zero-order valence-electron chi connectivity index (χ0n) is 12.6. The Balaban J connectivity index is 1.87. The predicted molar refractivity (Wildman–Crippen MR) is 91.7 cm³/mol. The van der Waals surface area contributed by atoms with Crippen molar-refractivity contribution < 1.29 is 23.1 Å². The summed E-state index contributed by atoms with van der Waals surface area (Å²) in [7, 11) is 0. The highest BCUT2D eigenvalue weighted by Gasteiger charge is 2.11. The van der Waals surface area contributed by atoms with Crippen molar-refractivity contribution in [1.82, 2.24) is 0 Å². The minimum atomic E-state index is -3.00. The number of amides is 1. The maximum atomic E-state index is 12.3. The third-order valence-corrected chi connectivity index (χ3v) is 3.53. The Morgan fingerprint density at radius 2 is 1.96 bits per heavy atom. The van der Waals surface area contributed by atoms with Gasteiger partial charge < -0.3 is 14.9 Å². The average molecular weight is 389 g/mol. The number of carbonyl (C=O) groups is 1. The van der Waals surface area contributed by atoms with Crippen LogP contribution in [0.5, 0.6) is 5.75 Å². The van der Waals surface area contributed by atoms with Crippen molar-refractivity contribution in [3.05, 3.63) is 58.1 Å². The van der Waals surface area contributed by atoms with E-state index in [1.807, 2.05) is 0 Å². The van der Waals surface area contributed by atoms with Gasteiger partial charge in [-0.15, -0.1) is 0 Å². The number of alkyl halides is 2. The lowest BCUT2D eigenvalue weighted by Gasteiger charge is -2.11. The summed E-state index contributed by atoms with van der Waals surface area (Å²) in [5.74, 6) is -0.734. The molecule has 132 valence electrons. The Hall–Kier alpha value is -2.38. The topological polar surface area (TPSA) is 59.9 Å². The highest BCUT2D eigenvalue weighted by Crippen LogP contribution is 2.25. The molecule has 0 saturated carbocycles. The molecule has 0 spiro atoms. The number of halogens is 4. The third kappa shape index (κ3) is 6.21. The van der Waals surface area contributed by atoms with Crippen LogP contribution in [0.25, 0.3) is 0 Å². The number of hydrogen-bond acceptors (Lipinski definition) is 4. The first-order valence-electron chi connectivity index (χ1n) is 6.90. The second-order valence-electron chi connectivity index (χ2n) is 4.60. The Bertz CT molecular complexity index is 773. The number of anilines is 1. The van der Waals surface area contributed by atoms with Crippen LogP contribution in [-0.2, 0) is 9.63 Å². The van der Waals surface area contributed by atoms with E-state index in [2.05, 4.69) is 15.2 Å². The van der Waals surface area contributed by atoms with Gasteiger partial charge in [-0.1, -0.05) is 46.6 Å². The molecule has 2 aromatic carbocycles. The standard InChI is InChI=1S/C16H12Cl2F2N2O3/c17-11-6-5-10(7-12(11)18)8-21-24-9-15(23)22-13-3-1-2-4-14(13)25-16(19)20/h1-8,16H,9H2,(H,22,23)/b21-8-. The molecule has 2 aromatic rings. The van der Waals surface area contributed by atoms with E-state index in [-0.39, 0.29) is 11.4 Å². The fourth-order valence-corrected chi connectivity index (χ4v) is 2.05. The Labute approximate surface area is 152 Å². The normalized spacial score (nSPS) is 10.9. The van der Waals surface area contributed by atoms with Crippen molar-refractivity contribution in [2.24, 2.45) is 5.16 Å². The lowest BCUT2D eigenvalue weighted by atomic mass is 10.2. The number of hydrogen-bond donors (Lipinski definition) is 1. The van der Waals surface area contributed by atoms with E-state index in [1.54, 1.807) is 24.3 Å². The molecule has 2 rings (SSSR count). The molecule has 0 unspecified atom stereocenters. The lowest BCUT2D eigenvalue weighted by Crippen LogP contribution is -2.18. The Morgan fingerprint density at radius 3 is 2.68 bits per heavy atom. The van der Waals surface area contributed by atoms with Crippen LogP contribution in [0.4, 0.5) is 14.5 Å². The Kier molecular flexibility index (Phi) is 6.97. The first-order valence-corrected chi connectivity index (χ1v) is 7.65. The van der Waals surface area contributed by atoms with Gasteiger partial charge in [0.1, 0.15) is 5.75 Å². The minimum absolute atomic E-state index is 0.102. The van der Waals surface area contributed by atoms with Gasteiger partial charge in [0.2, 0.25) is 0 Å². The molecule has 0 aromatic heterocycles. The van der Waals surface area contributed by atoms with E-state index in [1.165, 1.54) is 24.4 Å². The largest absolute Gasteiger partial charge is 0.433 e. The summed E-state index contributed by atoms with van der Waals surface area (Å²) in [4.78, 5) is 16.6. The highest BCUT2D eigenvalue weighted by atomic mass is 35.5. The molecule has 9 heteroatoms. The first kappa shape index (κ1) is 19.0. The van der Waals surface area contributed by atoms with Gasteiger partial charge in [0.25, 0.3) is 5.91 Å². The lowest BCUT2D eigenvalue weighted by molar-refractivity contribution is -0.120. The predicted octanol–water partition coefficient (Wildman–Crippen LogP) is 4.58. The maximum Gasteiger partial charge on any atom is 0.387 e. The molecule has 0 heterocycles. The molecule has 25 heavy (non-hydrogen) atoms. The van der Waals surface area contributed by atoms with Gasteiger partial charge in [-0.3, -0.25) is 4.79 Å². The molecule has 0 fully saturated rings. The van der Waals surface area contributed by atoms with Crippen LogP contribution >= 0.6 is 23.2 Å². The number of ether oxygens (including phenoxy) is 1. The van der Waals surface area contributed by atoms with Crippen LogP contribution in [0.1, 0.15) is 5.56 Å². The first-order chi connectivity index (χ1) is 12.0. The van der Waals surface area contributed by atoms with Crippen LogP contribution in [-0.4, -0.2) is 25.3 Å². The van der Waals surface area contributed by atoms with E-state index in [0.717, 1.165) is 0 Å². The van der Waals surface area contributed by atoms with Crippen molar-refractivity contribution in [1.29, 1.82) is 0 Å². The molecule has 1 amide bonds. The van der Waals surface area contributed by atoms with Crippen LogP contribution in [0.3, 0.4) is 0 Å². The summed E-state index contributed by atoms with van der Waals surface area (Å²) in [6, 6.07) is 10.6. The van der Waals surface area contributed by atoms with Crippen molar-refractivity contribution in [2.75, 3.05) is 11.9 Å². The highest BCUT2D eigenvalue weighted by molar-refractivity contribution is 6.42. The number of rotatable bonds is 7. The average Bonchev–Trinajstić information content (AvgIpc) is 2.56. The number of oxime groups is 1. The summed E-state index contributed by atoms with van der Waals surface area (Å²) in [5, 5.41) is 6.79. The molecule has 0 aliphatic rings. The molecule has 0 radical (unpaired) electrons. The Morgan fingerprint density at radius 1 is 1.20 bits per heavy atom. The number of nitrogens with zero attached hydrogens (tertiary/aromatic N) is 1. The quantitative estimate of drug-likeness (QED) is 0.557. The molecule has 1 N–H and O–H groups in total. The van der Waals surface area contributed by atoms with Gasteiger partial charge in [-0.2, -0.15) is 8.78 Å². The maximum absolute atomic E-state index is 12.3. The number of carbonyl (C=O) groups excluding carboxylic acids is 1. The molecule has 0 atom stereocenters. The smallest absolute Gasteiger partial charge is 0.387 e. The third-order valence-electron chi connectivity index (χ3n) is 2.79. The van der Waals surface area contributed by atoms with Crippen LogP contribution in [0, 0.1) is 0 Å². The SMILES string of the molecule is O=C(CO/N=C\c1ccc(Cl)c(Cl)c1)Nc1ccccc1OC(F)F. The van der Waals surface area contributed by atoms with Gasteiger partial charge in [0, 0.05) is 0 Å². The second-order valence-corrected chi connectivity index (χ2v) is 5.42. The van der Waals surface area contributed by atoms with Gasteiger partial charge in [0.15, 0.2) is 6.61 Å². The van der Waals surface area contributed by atoms with Crippen LogP contribution in [0.15, 0.2) is 47.6 Å². The van der Waals surface area contributed by atoms with E-state index >= 15 is 0 Å². The van der Waals surface area contributed by atoms with E-state index in [0.29, 0.717) is 15.6 Å². The number of nitrogens with one attached hydrogen (secondary N) is 1. The van der Waals surface area contributed by atoms with Crippen molar-refractivity contribution in [2.45, 2.75) is 6.61 Å². The van der Waals surface area contributed by atoms with Crippen molar-refractivity contribution >= 4 is 41.0 Å². The van der Waals surface area contributed by atoms with Gasteiger partial charge in [0.05, 0.1) is 21.9 Å². The second kappa shape index (κ2) is 9.19. The van der Waals surface area contributed by atoms with Crippen LogP contribution < -0.4 is 10.1 Å². The zero-order valence-corrected chi connectivity index (χ0v) is 14.1. The summed E-state index contributed by atoms with van der Waals surface area (Å²) in [6.45, 7) is -3.41. The number of para-hydroxylation sites is 2. The van der Waals surface area contributed by atoms with E-state index in [4.69, 9.17) is 28.0 Å². The summed E-state index contributed by atoms with van der Waals surface area (Å²) < 4.78 is 28.9. The molecule has 0 saturated heterocycles. The summed E-state index contributed by atoms with van der Waals surface area (Å²) >= 11 is 11.6. The molecular formula is C16H12Cl2F2N2O3. The van der Waals surface area contributed by atoms with Gasteiger partial charge in [-0.25, -0.2) is 0 Å². The van der Waals surface area contributed by atoms with Crippen LogP contribution in [0.2, 0.25) is 10.0 Å². The molecule has 5 nitrogen and oxygen atoms in total. The molecule has 0 aliphatic carbocycles. The fourth-order valence-electron chi connectivity index (χ4n) is 1.74. The van der Waals surface area contributed by atoms with E-state index in [9.17, 15) is 13.6 Å². The summed E-state index contributed by atoms with van der Waals surface area (Å²) in [5.41, 5.74) is 0.732.